The fourth-order valence-corrected chi connectivity index (χ4v) is 1.91. The Hall–Kier alpha value is -0.490. The van der Waals surface area contributed by atoms with Gasteiger partial charge in [-0.1, -0.05) is 6.92 Å². The highest BCUT2D eigenvalue weighted by Crippen LogP contribution is 2.32. The number of aliphatic hydroxyl groups excluding tert-OH is 1. The number of rotatable bonds is 5. The van der Waals surface area contributed by atoms with E-state index in [-0.39, 0.29) is 12.0 Å². The minimum atomic E-state index is -0.684. The number of carbonyl (C=O) groups excluding carboxylic acids is 1. The Morgan fingerprint density at radius 1 is 1.65 bits per heavy atom. The van der Waals surface area contributed by atoms with E-state index in [1.54, 1.807) is 21.0 Å². The van der Waals surface area contributed by atoms with Crippen molar-refractivity contribution >= 4 is 6.29 Å². The molecule has 5 nitrogen and oxygen atoms in total. The third kappa shape index (κ3) is 3.48. The standard InChI is InChI=1S/C12H22O5/c1-8(6-13)7-16-10-5-12(3,15-4)11(14)9(2)17-10/h6,8-11,14H,5,7H2,1-4H3/t8?,9-,10?,11?,12?/m0/s1. The van der Waals surface area contributed by atoms with Crippen molar-refractivity contribution in [2.24, 2.45) is 5.92 Å². The van der Waals surface area contributed by atoms with Gasteiger partial charge in [-0.15, -0.1) is 0 Å². The molecule has 100 valence electrons. The highest BCUT2D eigenvalue weighted by Gasteiger charge is 2.45. The predicted molar refractivity (Wildman–Crippen MR) is 61.6 cm³/mol. The van der Waals surface area contributed by atoms with Gasteiger partial charge >= 0.3 is 0 Å². The van der Waals surface area contributed by atoms with Gasteiger partial charge in [-0.25, -0.2) is 0 Å². The molecule has 4 unspecified atom stereocenters. The lowest BCUT2D eigenvalue weighted by Gasteiger charge is -2.44. The van der Waals surface area contributed by atoms with Crippen LogP contribution in [0.1, 0.15) is 27.2 Å². The molecule has 0 aromatic rings. The summed E-state index contributed by atoms with van der Waals surface area (Å²) in [5, 5.41) is 9.98. The number of hydrogen-bond donors (Lipinski definition) is 1. The maximum atomic E-state index is 10.5. The van der Waals surface area contributed by atoms with Crippen molar-refractivity contribution in [1.29, 1.82) is 0 Å². The van der Waals surface area contributed by atoms with E-state index >= 15 is 0 Å². The first-order valence-electron chi connectivity index (χ1n) is 5.88. The first-order chi connectivity index (χ1) is 7.92. The molecule has 0 bridgehead atoms. The number of ether oxygens (including phenoxy) is 3. The van der Waals surface area contributed by atoms with Crippen LogP contribution in [0.2, 0.25) is 0 Å². The van der Waals surface area contributed by atoms with Crippen LogP contribution in [-0.2, 0) is 19.0 Å². The normalized spacial score (nSPS) is 39.9. The number of carbonyl (C=O) groups is 1. The van der Waals surface area contributed by atoms with E-state index in [0.717, 1.165) is 6.29 Å². The molecule has 1 aliphatic heterocycles. The predicted octanol–water partition coefficient (Wildman–Crippen LogP) is 0.739. The van der Waals surface area contributed by atoms with Gasteiger partial charge in [-0.2, -0.15) is 0 Å². The fraction of sp³-hybridized carbons (Fsp3) is 0.917. The van der Waals surface area contributed by atoms with Gasteiger partial charge in [0.25, 0.3) is 0 Å². The van der Waals surface area contributed by atoms with Crippen molar-refractivity contribution in [1.82, 2.24) is 0 Å². The van der Waals surface area contributed by atoms with Crippen LogP contribution in [0.4, 0.5) is 0 Å². The maximum Gasteiger partial charge on any atom is 0.160 e. The lowest BCUT2D eigenvalue weighted by molar-refractivity contribution is -0.279. The fourth-order valence-electron chi connectivity index (χ4n) is 1.91. The van der Waals surface area contributed by atoms with E-state index in [1.807, 2.05) is 6.92 Å². The molecule has 5 atom stereocenters. The van der Waals surface area contributed by atoms with Crippen LogP contribution in [0, 0.1) is 5.92 Å². The zero-order chi connectivity index (χ0) is 13.1. The monoisotopic (exact) mass is 246 g/mol. The molecule has 0 aromatic carbocycles. The van der Waals surface area contributed by atoms with Crippen LogP contribution in [0.15, 0.2) is 0 Å². The number of aldehydes is 1. The molecule has 17 heavy (non-hydrogen) atoms. The molecule has 1 rings (SSSR count). The molecule has 1 heterocycles. The van der Waals surface area contributed by atoms with Gasteiger partial charge in [0.15, 0.2) is 6.29 Å². The highest BCUT2D eigenvalue weighted by atomic mass is 16.7. The molecule has 0 amide bonds. The molecule has 0 aliphatic carbocycles. The molecule has 1 saturated heterocycles. The summed E-state index contributed by atoms with van der Waals surface area (Å²) in [6, 6.07) is 0. The Labute approximate surface area is 102 Å². The summed E-state index contributed by atoms with van der Waals surface area (Å²) in [5.41, 5.74) is -0.674. The summed E-state index contributed by atoms with van der Waals surface area (Å²) in [4.78, 5) is 10.5. The summed E-state index contributed by atoms with van der Waals surface area (Å²) in [6.45, 7) is 5.71. The Kier molecular flexibility index (Phi) is 5.06. The summed E-state index contributed by atoms with van der Waals surface area (Å²) < 4.78 is 16.4. The Balaban J connectivity index is 2.56. The summed E-state index contributed by atoms with van der Waals surface area (Å²) >= 11 is 0. The number of methoxy groups -OCH3 is 1. The number of aliphatic hydroxyl groups is 1. The molecular weight excluding hydrogens is 224 g/mol. The van der Waals surface area contributed by atoms with Gasteiger partial charge in [0.2, 0.25) is 0 Å². The highest BCUT2D eigenvalue weighted by molar-refractivity contribution is 5.52. The van der Waals surface area contributed by atoms with Crippen LogP contribution in [-0.4, -0.2) is 49.2 Å². The van der Waals surface area contributed by atoms with E-state index in [9.17, 15) is 9.90 Å². The molecule has 0 radical (unpaired) electrons. The van der Waals surface area contributed by atoms with Crippen molar-refractivity contribution < 1.29 is 24.1 Å². The summed E-state index contributed by atoms with van der Waals surface area (Å²) in [6.07, 6.45) is -0.196. The van der Waals surface area contributed by atoms with Crippen LogP contribution < -0.4 is 0 Å². The molecule has 1 fully saturated rings. The molecule has 1 N–H and O–H groups in total. The van der Waals surface area contributed by atoms with Crippen LogP contribution in [0.25, 0.3) is 0 Å². The SMILES string of the molecule is COC1(C)CC(OCC(C)C=O)O[C@@H](C)C1O. The smallest absolute Gasteiger partial charge is 0.160 e. The zero-order valence-electron chi connectivity index (χ0n) is 10.9. The molecule has 0 spiro atoms. The average Bonchev–Trinajstić information content (AvgIpc) is 2.32. The maximum absolute atomic E-state index is 10.5. The molecule has 0 aromatic heterocycles. The Bertz CT molecular complexity index is 257. The van der Waals surface area contributed by atoms with Crippen molar-refractivity contribution in [3.05, 3.63) is 0 Å². The van der Waals surface area contributed by atoms with Gasteiger partial charge in [-0.05, 0) is 13.8 Å². The second-order valence-electron chi connectivity index (χ2n) is 4.88. The van der Waals surface area contributed by atoms with Gasteiger partial charge in [-0.3, -0.25) is 0 Å². The first-order valence-corrected chi connectivity index (χ1v) is 5.88. The van der Waals surface area contributed by atoms with Crippen LogP contribution >= 0.6 is 0 Å². The minimum absolute atomic E-state index is 0.158. The Morgan fingerprint density at radius 3 is 2.82 bits per heavy atom. The third-order valence-electron chi connectivity index (χ3n) is 3.25. The minimum Gasteiger partial charge on any atom is -0.387 e. The first kappa shape index (κ1) is 14.6. The van der Waals surface area contributed by atoms with Crippen molar-refractivity contribution in [3.63, 3.8) is 0 Å². The van der Waals surface area contributed by atoms with Gasteiger partial charge in [0, 0.05) is 19.4 Å². The Morgan fingerprint density at radius 2 is 2.29 bits per heavy atom. The van der Waals surface area contributed by atoms with Crippen LogP contribution in [0.3, 0.4) is 0 Å². The van der Waals surface area contributed by atoms with E-state index in [0.29, 0.717) is 13.0 Å². The third-order valence-corrected chi connectivity index (χ3v) is 3.25. The van der Waals surface area contributed by atoms with E-state index in [1.165, 1.54) is 0 Å². The zero-order valence-corrected chi connectivity index (χ0v) is 10.9. The number of hydrogen-bond acceptors (Lipinski definition) is 5. The molecule has 5 heteroatoms. The second kappa shape index (κ2) is 5.91. The lowest BCUT2D eigenvalue weighted by atomic mass is 9.88. The van der Waals surface area contributed by atoms with E-state index in [4.69, 9.17) is 14.2 Å². The van der Waals surface area contributed by atoms with E-state index < -0.39 is 18.0 Å². The molecular formula is C12H22O5. The van der Waals surface area contributed by atoms with E-state index in [2.05, 4.69) is 0 Å². The summed E-state index contributed by atoms with van der Waals surface area (Å²) in [7, 11) is 1.56. The van der Waals surface area contributed by atoms with Crippen molar-refractivity contribution in [3.8, 4) is 0 Å². The second-order valence-corrected chi connectivity index (χ2v) is 4.88. The molecule has 1 aliphatic rings. The van der Waals surface area contributed by atoms with Crippen LogP contribution in [0.5, 0.6) is 0 Å². The molecule has 0 saturated carbocycles. The van der Waals surface area contributed by atoms with Crippen molar-refractivity contribution in [2.45, 2.75) is 51.3 Å². The topological polar surface area (TPSA) is 65.0 Å². The van der Waals surface area contributed by atoms with Gasteiger partial charge in [0.1, 0.15) is 12.4 Å². The van der Waals surface area contributed by atoms with Crippen molar-refractivity contribution in [2.75, 3.05) is 13.7 Å². The lowest BCUT2D eigenvalue weighted by Crippen LogP contribution is -2.56. The largest absolute Gasteiger partial charge is 0.387 e. The summed E-state index contributed by atoms with van der Waals surface area (Å²) in [5.74, 6) is -0.158. The quantitative estimate of drug-likeness (QED) is 0.725. The average molecular weight is 246 g/mol. The van der Waals surface area contributed by atoms with Gasteiger partial charge < -0.3 is 24.1 Å². The van der Waals surface area contributed by atoms with Gasteiger partial charge in [0.05, 0.1) is 18.3 Å².